The molecule has 0 radical (unpaired) electrons. The number of hydrogen-bond acceptors (Lipinski definition) is 5. The van der Waals surface area contributed by atoms with E-state index >= 15 is 0 Å². The lowest BCUT2D eigenvalue weighted by atomic mass is 9.88. The summed E-state index contributed by atoms with van der Waals surface area (Å²) in [5.41, 5.74) is 7.14. The Kier molecular flexibility index (Phi) is 4.42. The molecule has 1 aliphatic carbocycles. The van der Waals surface area contributed by atoms with Crippen LogP contribution in [-0.2, 0) is 0 Å². The van der Waals surface area contributed by atoms with Crippen LogP contribution in [0.25, 0.3) is 11.3 Å². The Morgan fingerprint density at radius 1 is 0.871 bits per heavy atom. The van der Waals surface area contributed by atoms with Crippen molar-refractivity contribution in [2.45, 2.75) is 0 Å². The second-order valence-corrected chi connectivity index (χ2v) is 8.48. The van der Waals surface area contributed by atoms with Crippen LogP contribution in [0.4, 0.5) is 5.69 Å². The number of nitrogens with zero attached hydrogens (tertiary/aromatic N) is 3. The first-order valence-corrected chi connectivity index (χ1v) is 10.9. The molecule has 3 aliphatic heterocycles. The molecule has 2 aromatic carbocycles. The monoisotopic (exact) mass is 411 g/mol. The summed E-state index contributed by atoms with van der Waals surface area (Å²) in [6.07, 6.45) is 8.64. The zero-order valence-corrected chi connectivity index (χ0v) is 17.6. The van der Waals surface area contributed by atoms with E-state index in [1.165, 1.54) is 16.8 Å². The predicted molar refractivity (Wildman–Crippen MR) is 125 cm³/mol. The fourth-order valence-corrected chi connectivity index (χ4v) is 4.66. The van der Waals surface area contributed by atoms with Crippen LogP contribution in [0.2, 0.25) is 0 Å². The molecular formula is C26H25N3O2. The number of aliphatic imine (C=N–C) groups is 1. The van der Waals surface area contributed by atoms with Crippen LogP contribution in [0.3, 0.4) is 0 Å². The van der Waals surface area contributed by atoms with Crippen molar-refractivity contribution < 1.29 is 9.47 Å². The normalized spacial score (nSPS) is 22.2. The SMILES string of the molecule is CN1CCN(c2ccc(C3=CC4C(=CC=C4c4ccc5c(c4)OCO5)C=N3)cc2)CC1. The summed E-state index contributed by atoms with van der Waals surface area (Å²) < 4.78 is 11.0. The minimum Gasteiger partial charge on any atom is -0.454 e. The highest BCUT2D eigenvalue weighted by Crippen LogP contribution is 2.42. The summed E-state index contributed by atoms with van der Waals surface area (Å²) in [5.74, 6) is 1.85. The van der Waals surface area contributed by atoms with Crippen LogP contribution in [-0.4, -0.2) is 51.1 Å². The molecular weight excluding hydrogens is 386 g/mol. The highest BCUT2D eigenvalue weighted by Gasteiger charge is 2.26. The number of allylic oxidation sites excluding steroid dienone is 5. The molecule has 156 valence electrons. The molecule has 5 heteroatoms. The molecule has 1 atom stereocenters. The molecule has 5 nitrogen and oxygen atoms in total. The minimum absolute atomic E-state index is 0.213. The van der Waals surface area contributed by atoms with Crippen molar-refractivity contribution in [2.75, 3.05) is 44.9 Å². The average molecular weight is 412 g/mol. The van der Waals surface area contributed by atoms with Crippen molar-refractivity contribution in [1.29, 1.82) is 0 Å². The third-order valence-corrected chi connectivity index (χ3v) is 6.56. The minimum atomic E-state index is 0.213. The fourth-order valence-electron chi connectivity index (χ4n) is 4.66. The van der Waals surface area contributed by atoms with Gasteiger partial charge in [-0.15, -0.1) is 0 Å². The van der Waals surface area contributed by atoms with E-state index in [2.05, 4.69) is 71.5 Å². The van der Waals surface area contributed by atoms with Gasteiger partial charge in [0.2, 0.25) is 6.79 Å². The summed E-state index contributed by atoms with van der Waals surface area (Å²) in [6.45, 7) is 4.69. The fraction of sp³-hybridized carbons (Fsp3) is 0.269. The first kappa shape index (κ1) is 18.5. The van der Waals surface area contributed by atoms with Gasteiger partial charge in [-0.3, -0.25) is 4.99 Å². The van der Waals surface area contributed by atoms with Crippen molar-refractivity contribution in [1.82, 2.24) is 4.90 Å². The van der Waals surface area contributed by atoms with Gasteiger partial charge in [-0.1, -0.05) is 30.4 Å². The third kappa shape index (κ3) is 3.35. The Morgan fingerprint density at radius 2 is 1.65 bits per heavy atom. The van der Waals surface area contributed by atoms with E-state index in [4.69, 9.17) is 14.5 Å². The summed E-state index contributed by atoms with van der Waals surface area (Å²) in [6, 6.07) is 15.0. The van der Waals surface area contributed by atoms with E-state index in [0.717, 1.165) is 54.5 Å². The number of likely N-dealkylation sites (N-methyl/N-ethyl adjacent to an activating group) is 1. The molecule has 0 bridgehead atoms. The number of rotatable bonds is 3. The number of piperazine rings is 1. The third-order valence-electron chi connectivity index (χ3n) is 6.56. The number of hydrogen-bond donors (Lipinski definition) is 0. The van der Waals surface area contributed by atoms with Crippen molar-refractivity contribution in [2.24, 2.45) is 10.9 Å². The van der Waals surface area contributed by atoms with Gasteiger partial charge in [-0.05, 0) is 59.7 Å². The van der Waals surface area contributed by atoms with Crippen LogP contribution in [0, 0.1) is 5.92 Å². The standard InChI is InChI=1S/C26H25N3O2/c1-28-10-12-29(13-11-28)21-6-2-18(3-7-21)24-15-23-20(16-27-24)4-8-22(23)19-5-9-25-26(14-19)31-17-30-25/h2-9,14-16,23H,10-13,17H2,1H3. The maximum absolute atomic E-state index is 5.58. The smallest absolute Gasteiger partial charge is 0.231 e. The molecule has 0 amide bonds. The van der Waals surface area contributed by atoms with E-state index in [0.29, 0.717) is 6.79 Å². The lowest BCUT2D eigenvalue weighted by molar-refractivity contribution is 0.174. The Balaban J connectivity index is 1.24. The molecule has 1 fully saturated rings. The van der Waals surface area contributed by atoms with Crippen LogP contribution in [0.15, 0.2) is 71.3 Å². The zero-order chi connectivity index (χ0) is 20.8. The van der Waals surface area contributed by atoms with Crippen LogP contribution >= 0.6 is 0 Å². The highest BCUT2D eigenvalue weighted by atomic mass is 16.7. The maximum Gasteiger partial charge on any atom is 0.231 e. The van der Waals surface area contributed by atoms with Crippen LogP contribution < -0.4 is 14.4 Å². The molecule has 4 aliphatic rings. The van der Waals surface area contributed by atoms with Gasteiger partial charge in [0.1, 0.15) is 0 Å². The lowest BCUT2D eigenvalue weighted by Gasteiger charge is -2.34. The molecule has 0 N–H and O–H groups in total. The lowest BCUT2D eigenvalue weighted by Crippen LogP contribution is -2.44. The Bertz CT molecular complexity index is 1140. The first-order valence-electron chi connectivity index (χ1n) is 10.9. The highest BCUT2D eigenvalue weighted by molar-refractivity contribution is 5.97. The Labute approximate surface area is 182 Å². The molecule has 0 saturated carbocycles. The summed E-state index contributed by atoms with van der Waals surface area (Å²) in [4.78, 5) is 9.59. The van der Waals surface area contributed by atoms with E-state index in [1.807, 2.05) is 12.3 Å². The topological polar surface area (TPSA) is 37.3 Å². The molecule has 6 rings (SSSR count). The molecule has 2 aromatic rings. The van der Waals surface area contributed by atoms with Gasteiger partial charge >= 0.3 is 0 Å². The van der Waals surface area contributed by atoms with Crippen molar-refractivity contribution >= 4 is 23.2 Å². The Hall–Kier alpha value is -3.31. The molecule has 0 aromatic heterocycles. The van der Waals surface area contributed by atoms with Crippen molar-refractivity contribution in [3.05, 3.63) is 77.4 Å². The predicted octanol–water partition coefficient (Wildman–Crippen LogP) is 4.23. The van der Waals surface area contributed by atoms with Crippen LogP contribution in [0.5, 0.6) is 11.5 Å². The first-order chi connectivity index (χ1) is 15.2. The van der Waals surface area contributed by atoms with Crippen molar-refractivity contribution in [3.8, 4) is 11.5 Å². The second kappa shape index (κ2) is 7.43. The molecule has 1 unspecified atom stereocenters. The molecule has 31 heavy (non-hydrogen) atoms. The van der Waals surface area contributed by atoms with Gasteiger partial charge in [0, 0.05) is 44.0 Å². The van der Waals surface area contributed by atoms with E-state index in [1.54, 1.807) is 0 Å². The summed E-state index contributed by atoms with van der Waals surface area (Å²) in [7, 11) is 2.19. The number of benzene rings is 2. The van der Waals surface area contributed by atoms with Gasteiger partial charge in [-0.2, -0.15) is 0 Å². The van der Waals surface area contributed by atoms with Crippen LogP contribution in [0.1, 0.15) is 11.1 Å². The maximum atomic E-state index is 5.58. The van der Waals surface area contributed by atoms with Crippen molar-refractivity contribution in [3.63, 3.8) is 0 Å². The Morgan fingerprint density at radius 3 is 2.48 bits per heavy atom. The molecule has 0 spiro atoms. The number of anilines is 1. The van der Waals surface area contributed by atoms with E-state index in [-0.39, 0.29) is 5.92 Å². The van der Waals surface area contributed by atoms with Gasteiger partial charge in [0.25, 0.3) is 0 Å². The summed E-state index contributed by atoms with van der Waals surface area (Å²) >= 11 is 0. The molecule has 1 saturated heterocycles. The zero-order valence-electron chi connectivity index (χ0n) is 17.6. The van der Waals surface area contributed by atoms with Gasteiger partial charge in [-0.25, -0.2) is 0 Å². The second-order valence-electron chi connectivity index (χ2n) is 8.48. The van der Waals surface area contributed by atoms with Gasteiger partial charge in [0.05, 0.1) is 5.70 Å². The van der Waals surface area contributed by atoms with Gasteiger partial charge in [0.15, 0.2) is 11.5 Å². The quantitative estimate of drug-likeness (QED) is 0.758. The van der Waals surface area contributed by atoms with E-state index < -0.39 is 0 Å². The average Bonchev–Trinajstić information content (AvgIpc) is 3.45. The van der Waals surface area contributed by atoms with Gasteiger partial charge < -0.3 is 19.3 Å². The molecule has 3 heterocycles. The number of ether oxygens (including phenoxy) is 2. The summed E-state index contributed by atoms with van der Waals surface area (Å²) in [5, 5.41) is 0. The largest absolute Gasteiger partial charge is 0.454 e. The van der Waals surface area contributed by atoms with E-state index in [9.17, 15) is 0 Å². The number of fused-ring (bicyclic) bond motifs is 2.